The number of ether oxygens (including phenoxy) is 2. The molecule has 2 N–H and O–H groups in total. The van der Waals surface area contributed by atoms with Gasteiger partial charge in [0.25, 0.3) is 0 Å². The lowest BCUT2D eigenvalue weighted by molar-refractivity contribution is -0.165. The number of carbonyl (C=O) groups excluding carboxylic acids is 2. The first-order chi connectivity index (χ1) is 7.52. The van der Waals surface area contributed by atoms with Gasteiger partial charge in [0.05, 0.1) is 7.11 Å². The van der Waals surface area contributed by atoms with Gasteiger partial charge >= 0.3 is 11.9 Å². The van der Waals surface area contributed by atoms with Gasteiger partial charge in [-0.1, -0.05) is 0 Å². The number of hydrogen-bond acceptors (Lipinski definition) is 6. The summed E-state index contributed by atoms with van der Waals surface area (Å²) in [6, 6.07) is 1.55. The Kier molecular flexibility index (Phi) is 3.87. The van der Waals surface area contributed by atoms with Gasteiger partial charge in [0.1, 0.15) is 12.4 Å². The van der Waals surface area contributed by atoms with Crippen LogP contribution in [0.3, 0.4) is 0 Å². The summed E-state index contributed by atoms with van der Waals surface area (Å²) in [5, 5.41) is 3.80. The lowest BCUT2D eigenvalue weighted by atomic mass is 10.4. The van der Waals surface area contributed by atoms with Crippen molar-refractivity contribution in [2.24, 2.45) is 0 Å². The SMILES string of the molecule is COC(=O)C(C)OC(=O)Cn1ccc(N)n1. The highest BCUT2D eigenvalue weighted by atomic mass is 16.6. The minimum absolute atomic E-state index is 0.0987. The highest BCUT2D eigenvalue weighted by Crippen LogP contribution is 1.99. The van der Waals surface area contributed by atoms with Crippen molar-refractivity contribution < 1.29 is 19.1 Å². The van der Waals surface area contributed by atoms with E-state index >= 15 is 0 Å². The number of anilines is 1. The fourth-order valence-corrected chi connectivity index (χ4v) is 1.05. The number of methoxy groups -OCH3 is 1. The van der Waals surface area contributed by atoms with Crippen LogP contribution in [0.15, 0.2) is 12.3 Å². The Balaban J connectivity index is 2.45. The summed E-state index contributed by atoms with van der Waals surface area (Å²) < 4.78 is 10.5. The molecule has 0 saturated heterocycles. The predicted molar refractivity (Wildman–Crippen MR) is 54.2 cm³/mol. The number of nitrogen functional groups attached to an aromatic ring is 1. The molecule has 1 aromatic rings. The molecule has 0 aliphatic carbocycles. The van der Waals surface area contributed by atoms with E-state index < -0.39 is 18.0 Å². The molecule has 7 heteroatoms. The van der Waals surface area contributed by atoms with Crippen LogP contribution in [0.25, 0.3) is 0 Å². The number of rotatable bonds is 4. The van der Waals surface area contributed by atoms with E-state index in [1.54, 1.807) is 12.3 Å². The third-order valence-electron chi connectivity index (χ3n) is 1.79. The van der Waals surface area contributed by atoms with Crippen LogP contribution < -0.4 is 5.73 Å². The molecule has 0 aliphatic rings. The molecule has 1 atom stereocenters. The van der Waals surface area contributed by atoms with Crippen molar-refractivity contribution in [3.8, 4) is 0 Å². The molecular weight excluding hydrogens is 214 g/mol. The van der Waals surface area contributed by atoms with Crippen LogP contribution in [0.1, 0.15) is 6.92 Å². The smallest absolute Gasteiger partial charge is 0.346 e. The molecule has 0 saturated carbocycles. The average molecular weight is 227 g/mol. The molecule has 1 unspecified atom stereocenters. The normalized spacial score (nSPS) is 11.9. The van der Waals surface area contributed by atoms with Crippen molar-refractivity contribution in [1.29, 1.82) is 0 Å². The average Bonchev–Trinajstić information content (AvgIpc) is 2.62. The maximum atomic E-state index is 11.3. The van der Waals surface area contributed by atoms with Gasteiger partial charge in [-0.3, -0.25) is 9.48 Å². The summed E-state index contributed by atoms with van der Waals surface area (Å²) in [6.07, 6.45) is 0.616. The lowest BCUT2D eigenvalue weighted by Gasteiger charge is -2.10. The molecule has 1 aromatic heterocycles. The zero-order valence-corrected chi connectivity index (χ0v) is 9.04. The van der Waals surface area contributed by atoms with E-state index in [1.807, 2.05) is 0 Å². The summed E-state index contributed by atoms with van der Waals surface area (Å²) in [7, 11) is 1.22. The highest BCUT2D eigenvalue weighted by molar-refractivity contribution is 5.78. The number of hydrogen-bond donors (Lipinski definition) is 1. The predicted octanol–water partition coefficient (Wildman–Crippen LogP) is -0.430. The number of nitrogens with zero attached hydrogens (tertiary/aromatic N) is 2. The molecule has 0 amide bonds. The number of nitrogens with two attached hydrogens (primary N) is 1. The molecule has 0 fully saturated rings. The molecule has 0 radical (unpaired) electrons. The molecule has 0 spiro atoms. The van der Waals surface area contributed by atoms with E-state index in [4.69, 9.17) is 10.5 Å². The van der Waals surface area contributed by atoms with Crippen molar-refractivity contribution in [2.45, 2.75) is 19.6 Å². The van der Waals surface area contributed by atoms with E-state index in [2.05, 4.69) is 9.84 Å². The van der Waals surface area contributed by atoms with Gasteiger partial charge in [0.15, 0.2) is 6.10 Å². The lowest BCUT2D eigenvalue weighted by Crippen LogP contribution is -2.27. The van der Waals surface area contributed by atoms with Crippen molar-refractivity contribution in [2.75, 3.05) is 12.8 Å². The molecule has 88 valence electrons. The van der Waals surface area contributed by atoms with Crippen LogP contribution in [0.4, 0.5) is 5.82 Å². The zero-order chi connectivity index (χ0) is 12.1. The first kappa shape index (κ1) is 12.0. The van der Waals surface area contributed by atoms with E-state index in [0.29, 0.717) is 5.82 Å². The van der Waals surface area contributed by atoms with Crippen molar-refractivity contribution in [3.05, 3.63) is 12.3 Å². The largest absolute Gasteiger partial charge is 0.466 e. The fraction of sp³-hybridized carbons (Fsp3) is 0.444. The minimum Gasteiger partial charge on any atom is -0.466 e. The third-order valence-corrected chi connectivity index (χ3v) is 1.79. The van der Waals surface area contributed by atoms with E-state index in [9.17, 15) is 9.59 Å². The Morgan fingerprint density at radius 3 is 2.81 bits per heavy atom. The molecule has 16 heavy (non-hydrogen) atoms. The van der Waals surface area contributed by atoms with Gasteiger partial charge < -0.3 is 15.2 Å². The van der Waals surface area contributed by atoms with Crippen molar-refractivity contribution >= 4 is 17.8 Å². The first-order valence-electron chi connectivity index (χ1n) is 4.59. The Hall–Kier alpha value is -2.05. The van der Waals surface area contributed by atoms with Crippen molar-refractivity contribution in [3.63, 3.8) is 0 Å². The maximum absolute atomic E-state index is 11.3. The molecule has 1 heterocycles. The topological polar surface area (TPSA) is 96.4 Å². The third kappa shape index (κ3) is 3.26. The Morgan fingerprint density at radius 2 is 2.31 bits per heavy atom. The maximum Gasteiger partial charge on any atom is 0.346 e. The molecule has 0 bridgehead atoms. The quantitative estimate of drug-likeness (QED) is 0.701. The van der Waals surface area contributed by atoms with Gasteiger partial charge in [-0.05, 0) is 13.0 Å². The zero-order valence-electron chi connectivity index (χ0n) is 9.04. The van der Waals surface area contributed by atoms with E-state index in [-0.39, 0.29) is 6.54 Å². The Labute approximate surface area is 92.1 Å². The van der Waals surface area contributed by atoms with Gasteiger partial charge in [-0.2, -0.15) is 5.10 Å². The number of esters is 2. The molecule has 0 aromatic carbocycles. The van der Waals surface area contributed by atoms with Crippen LogP contribution in [0.5, 0.6) is 0 Å². The minimum atomic E-state index is -0.926. The van der Waals surface area contributed by atoms with Crippen LogP contribution in [-0.4, -0.2) is 34.9 Å². The second-order valence-electron chi connectivity index (χ2n) is 3.09. The van der Waals surface area contributed by atoms with Crippen LogP contribution in [-0.2, 0) is 25.6 Å². The van der Waals surface area contributed by atoms with E-state index in [1.165, 1.54) is 18.7 Å². The van der Waals surface area contributed by atoms with Gasteiger partial charge in [0, 0.05) is 6.20 Å². The summed E-state index contributed by atoms with van der Waals surface area (Å²) in [5.41, 5.74) is 5.37. The second kappa shape index (κ2) is 5.15. The van der Waals surface area contributed by atoms with Gasteiger partial charge in [-0.25, -0.2) is 4.79 Å². The number of carbonyl (C=O) groups is 2. The highest BCUT2D eigenvalue weighted by Gasteiger charge is 2.18. The Morgan fingerprint density at radius 1 is 1.62 bits per heavy atom. The summed E-state index contributed by atoms with van der Waals surface area (Å²) >= 11 is 0. The summed E-state index contributed by atoms with van der Waals surface area (Å²) in [5.74, 6) is -0.872. The molecule has 1 rings (SSSR count). The Bertz CT molecular complexity index is 388. The van der Waals surface area contributed by atoms with Crippen LogP contribution in [0.2, 0.25) is 0 Å². The second-order valence-corrected chi connectivity index (χ2v) is 3.09. The molecular formula is C9H13N3O4. The molecule has 7 nitrogen and oxygen atoms in total. The van der Waals surface area contributed by atoms with E-state index in [0.717, 1.165) is 0 Å². The first-order valence-corrected chi connectivity index (χ1v) is 4.59. The van der Waals surface area contributed by atoms with Crippen LogP contribution >= 0.6 is 0 Å². The summed E-state index contributed by atoms with van der Waals surface area (Å²) in [6.45, 7) is 1.33. The van der Waals surface area contributed by atoms with Crippen molar-refractivity contribution in [1.82, 2.24) is 9.78 Å². The monoisotopic (exact) mass is 227 g/mol. The van der Waals surface area contributed by atoms with Crippen LogP contribution in [0, 0.1) is 0 Å². The summed E-state index contributed by atoms with van der Waals surface area (Å²) in [4.78, 5) is 22.3. The standard InChI is InChI=1S/C9H13N3O4/c1-6(9(14)15-2)16-8(13)5-12-4-3-7(10)11-12/h3-4,6H,5H2,1-2H3,(H2,10,11). The van der Waals surface area contributed by atoms with Gasteiger partial charge in [0.2, 0.25) is 0 Å². The number of aromatic nitrogens is 2. The van der Waals surface area contributed by atoms with Gasteiger partial charge in [-0.15, -0.1) is 0 Å². The molecule has 0 aliphatic heterocycles. The fourth-order valence-electron chi connectivity index (χ4n) is 1.05.